The summed E-state index contributed by atoms with van der Waals surface area (Å²) in [5.74, 6) is 0.360. The number of nitrogens with zero attached hydrogens (tertiary/aromatic N) is 2. The lowest BCUT2D eigenvalue weighted by molar-refractivity contribution is 0.0697. The van der Waals surface area contributed by atoms with E-state index in [4.69, 9.17) is 13.9 Å². The third kappa shape index (κ3) is 6.99. The molecule has 1 fully saturated rings. The van der Waals surface area contributed by atoms with E-state index in [1.54, 1.807) is 31.5 Å². The summed E-state index contributed by atoms with van der Waals surface area (Å²) < 4.78 is 18.9. The summed E-state index contributed by atoms with van der Waals surface area (Å²) in [6.07, 6.45) is 6.54. The number of hydrogen-bond acceptors (Lipinski definition) is 6. The molecule has 0 spiro atoms. The molecule has 0 amide bonds. The molecule has 7 nitrogen and oxygen atoms in total. The molecule has 3 aromatic rings. The van der Waals surface area contributed by atoms with Crippen molar-refractivity contribution in [2.45, 2.75) is 76.9 Å². The molecule has 0 saturated heterocycles. The van der Waals surface area contributed by atoms with Crippen LogP contribution in [0.2, 0.25) is 18.1 Å². The first-order chi connectivity index (χ1) is 18.5. The number of benzene rings is 2. The zero-order valence-electron chi connectivity index (χ0n) is 23.8. The van der Waals surface area contributed by atoms with Crippen molar-refractivity contribution in [2.24, 2.45) is 0 Å². The van der Waals surface area contributed by atoms with Crippen molar-refractivity contribution in [1.29, 1.82) is 0 Å². The van der Waals surface area contributed by atoms with Crippen LogP contribution in [0.15, 0.2) is 67.0 Å². The van der Waals surface area contributed by atoms with Gasteiger partial charge in [0.25, 0.3) is 0 Å². The Morgan fingerprint density at radius 1 is 1.03 bits per heavy atom. The number of hydrogen-bond donors (Lipinski definition) is 1. The molecule has 1 saturated carbocycles. The van der Waals surface area contributed by atoms with Gasteiger partial charge in [-0.1, -0.05) is 32.9 Å². The Hall–Kier alpha value is -3.36. The molecule has 208 valence electrons. The normalized spacial score (nSPS) is 17.6. The largest absolute Gasteiger partial charge is 0.493 e. The maximum Gasteiger partial charge on any atom is 0.335 e. The van der Waals surface area contributed by atoms with Crippen LogP contribution in [0.5, 0.6) is 11.5 Å². The Labute approximate surface area is 232 Å². The van der Waals surface area contributed by atoms with Crippen LogP contribution in [0.3, 0.4) is 0 Å². The number of aromatic carboxylic acids is 1. The maximum atomic E-state index is 11.7. The summed E-state index contributed by atoms with van der Waals surface area (Å²) in [7, 11) is -0.212. The molecule has 39 heavy (non-hydrogen) atoms. The number of pyridine rings is 1. The Bertz CT molecular complexity index is 1280. The molecule has 2 unspecified atom stereocenters. The van der Waals surface area contributed by atoms with Gasteiger partial charge in [0.15, 0.2) is 19.8 Å². The van der Waals surface area contributed by atoms with Crippen LogP contribution in [-0.2, 0) is 11.0 Å². The molecule has 1 aliphatic carbocycles. The van der Waals surface area contributed by atoms with Gasteiger partial charge in [-0.15, -0.1) is 0 Å². The fourth-order valence-electron chi connectivity index (χ4n) is 4.63. The molecular formula is C31H40N2O5Si. The number of rotatable bonds is 10. The number of anilines is 2. The van der Waals surface area contributed by atoms with Crippen LogP contribution < -0.4 is 14.4 Å². The zero-order valence-corrected chi connectivity index (χ0v) is 24.8. The monoisotopic (exact) mass is 548 g/mol. The molecule has 1 aromatic heterocycles. The summed E-state index contributed by atoms with van der Waals surface area (Å²) in [5, 5.41) is 9.75. The van der Waals surface area contributed by atoms with Crippen LogP contribution in [0.4, 0.5) is 11.4 Å². The van der Waals surface area contributed by atoms with Crippen molar-refractivity contribution >= 4 is 25.7 Å². The molecule has 8 heteroatoms. The highest BCUT2D eigenvalue weighted by Crippen LogP contribution is 2.41. The quantitative estimate of drug-likeness (QED) is 0.264. The lowest BCUT2D eigenvalue weighted by atomic mass is 10.1. The molecule has 2 aromatic carbocycles. The molecule has 0 radical (unpaired) electrons. The zero-order chi connectivity index (χ0) is 28.2. The van der Waals surface area contributed by atoms with Crippen molar-refractivity contribution in [2.75, 3.05) is 12.0 Å². The highest BCUT2D eigenvalue weighted by molar-refractivity contribution is 6.74. The van der Waals surface area contributed by atoms with Gasteiger partial charge in [0, 0.05) is 48.9 Å². The Morgan fingerprint density at radius 2 is 1.77 bits per heavy atom. The van der Waals surface area contributed by atoms with Gasteiger partial charge in [-0.25, -0.2) is 4.79 Å². The summed E-state index contributed by atoms with van der Waals surface area (Å²) >= 11 is 0. The molecule has 1 heterocycles. The predicted molar refractivity (Wildman–Crippen MR) is 157 cm³/mol. The van der Waals surface area contributed by atoms with Crippen molar-refractivity contribution in [1.82, 2.24) is 4.98 Å². The van der Waals surface area contributed by atoms with Crippen molar-refractivity contribution < 1.29 is 23.8 Å². The molecule has 4 rings (SSSR count). The van der Waals surface area contributed by atoms with E-state index in [1.165, 1.54) is 0 Å². The summed E-state index contributed by atoms with van der Waals surface area (Å²) in [5.41, 5.74) is 2.85. The topological polar surface area (TPSA) is 81.1 Å². The van der Waals surface area contributed by atoms with E-state index in [0.717, 1.165) is 36.2 Å². The van der Waals surface area contributed by atoms with Crippen LogP contribution in [0.25, 0.3) is 0 Å². The number of ether oxygens (including phenoxy) is 2. The van der Waals surface area contributed by atoms with E-state index >= 15 is 0 Å². The molecular weight excluding hydrogens is 508 g/mol. The Kier molecular flexibility index (Phi) is 8.66. The first-order valence-electron chi connectivity index (χ1n) is 13.5. The average Bonchev–Trinajstić information content (AvgIpc) is 3.33. The lowest BCUT2D eigenvalue weighted by Gasteiger charge is -2.38. The van der Waals surface area contributed by atoms with Gasteiger partial charge in [-0.3, -0.25) is 4.98 Å². The summed E-state index contributed by atoms with van der Waals surface area (Å²) in [4.78, 5) is 18.0. The van der Waals surface area contributed by atoms with E-state index in [-0.39, 0.29) is 22.8 Å². The number of aromatic nitrogens is 1. The minimum absolute atomic E-state index is 0.0334. The van der Waals surface area contributed by atoms with Gasteiger partial charge in [-0.2, -0.15) is 0 Å². The second kappa shape index (κ2) is 11.8. The summed E-state index contributed by atoms with van der Waals surface area (Å²) in [6.45, 7) is 11.9. The molecule has 2 atom stereocenters. The highest BCUT2D eigenvalue weighted by Gasteiger charge is 2.41. The van der Waals surface area contributed by atoms with E-state index in [9.17, 15) is 9.90 Å². The standard InChI is InChI=1S/C31H40N2O5Si/c1-31(2,3)39(5,6)38-27-14-13-26(19-27)37-29-18-25(12-15-28(29)36-4)33(21-22-9-8-16-32-20-22)24-11-7-10-23(17-24)30(34)35/h7-12,15-18,20,26-27H,13-14,19,21H2,1-6H3,(H,34,35). The van der Waals surface area contributed by atoms with Gasteiger partial charge < -0.3 is 23.9 Å². The van der Waals surface area contributed by atoms with Gasteiger partial charge in [-0.05, 0) is 72.9 Å². The number of carbonyl (C=O) groups is 1. The fraction of sp³-hybridized carbons (Fsp3) is 0.419. The van der Waals surface area contributed by atoms with Gasteiger partial charge in [0.2, 0.25) is 0 Å². The van der Waals surface area contributed by atoms with E-state index < -0.39 is 14.3 Å². The maximum absolute atomic E-state index is 11.7. The van der Waals surface area contributed by atoms with Crippen molar-refractivity contribution in [3.05, 3.63) is 78.1 Å². The minimum atomic E-state index is -1.85. The van der Waals surface area contributed by atoms with E-state index in [0.29, 0.717) is 18.0 Å². The summed E-state index contributed by atoms with van der Waals surface area (Å²) in [6, 6.07) is 16.7. The van der Waals surface area contributed by atoms with Crippen LogP contribution in [-0.4, -0.2) is 43.7 Å². The van der Waals surface area contributed by atoms with Crippen molar-refractivity contribution in [3.8, 4) is 11.5 Å². The number of methoxy groups -OCH3 is 1. The third-order valence-electron chi connectivity index (χ3n) is 7.82. The third-order valence-corrected chi connectivity index (χ3v) is 12.4. The smallest absolute Gasteiger partial charge is 0.335 e. The SMILES string of the molecule is COc1ccc(N(Cc2cccnc2)c2cccc(C(=O)O)c2)cc1OC1CCC(O[Si](C)(C)C(C)(C)C)C1. The van der Waals surface area contributed by atoms with Gasteiger partial charge in [0.05, 0.1) is 12.7 Å². The Balaban J connectivity index is 1.60. The second-order valence-corrected chi connectivity index (χ2v) is 16.4. The van der Waals surface area contributed by atoms with Crippen molar-refractivity contribution in [3.63, 3.8) is 0 Å². The molecule has 0 aliphatic heterocycles. The molecule has 0 bridgehead atoms. The van der Waals surface area contributed by atoms with Gasteiger partial charge in [0.1, 0.15) is 6.10 Å². The molecule has 1 aliphatic rings. The van der Waals surface area contributed by atoms with E-state index in [2.05, 4.69) is 43.7 Å². The minimum Gasteiger partial charge on any atom is -0.493 e. The number of carboxylic acid groups (broad SMARTS) is 1. The average molecular weight is 549 g/mol. The van der Waals surface area contributed by atoms with Gasteiger partial charge >= 0.3 is 5.97 Å². The lowest BCUT2D eigenvalue weighted by Crippen LogP contribution is -2.43. The van der Waals surface area contributed by atoms with E-state index in [1.807, 2.05) is 42.6 Å². The second-order valence-electron chi connectivity index (χ2n) is 11.7. The predicted octanol–water partition coefficient (Wildman–Crippen LogP) is 7.45. The first-order valence-corrected chi connectivity index (χ1v) is 16.4. The Morgan fingerprint density at radius 3 is 2.44 bits per heavy atom. The fourth-order valence-corrected chi connectivity index (χ4v) is 6.03. The van der Waals surface area contributed by atoms with Crippen LogP contribution in [0, 0.1) is 0 Å². The molecule has 1 N–H and O–H groups in total. The highest BCUT2D eigenvalue weighted by atomic mass is 28.4. The first kappa shape index (κ1) is 28.6. The number of carboxylic acids is 1. The van der Waals surface area contributed by atoms with Crippen LogP contribution >= 0.6 is 0 Å². The van der Waals surface area contributed by atoms with Crippen LogP contribution in [0.1, 0.15) is 56.0 Å².